The van der Waals surface area contributed by atoms with Gasteiger partial charge >= 0.3 is 0 Å². The Morgan fingerprint density at radius 3 is 2.33 bits per heavy atom. The first-order chi connectivity index (χ1) is 10.1. The van der Waals surface area contributed by atoms with E-state index in [9.17, 15) is 0 Å². The number of nitrogens with zero attached hydrogens (tertiary/aromatic N) is 3. The highest BCUT2D eigenvalue weighted by Gasteiger charge is 2.19. The van der Waals surface area contributed by atoms with E-state index in [1.807, 2.05) is 18.3 Å². The minimum Gasteiger partial charge on any atom is -0.368 e. The maximum atomic E-state index is 5.85. The molecule has 0 saturated carbocycles. The Morgan fingerprint density at radius 1 is 0.952 bits per heavy atom. The van der Waals surface area contributed by atoms with Crippen molar-refractivity contribution in [2.75, 3.05) is 36.0 Å². The maximum Gasteiger partial charge on any atom is 0.129 e. The molecule has 4 heteroatoms. The lowest BCUT2D eigenvalue weighted by molar-refractivity contribution is 0.651. The second-order valence-corrected chi connectivity index (χ2v) is 5.92. The minimum absolute atomic E-state index is 0.549. The zero-order valence-corrected chi connectivity index (χ0v) is 13.3. The second kappa shape index (κ2) is 5.94. The van der Waals surface area contributed by atoms with Crippen molar-refractivity contribution in [3.63, 3.8) is 0 Å². The van der Waals surface area contributed by atoms with Gasteiger partial charge in [-0.05, 0) is 43.2 Å². The first-order valence-electron chi connectivity index (χ1n) is 7.33. The summed E-state index contributed by atoms with van der Waals surface area (Å²) in [5.41, 5.74) is 5.26. The number of anilines is 2. The van der Waals surface area contributed by atoms with Crippen LogP contribution in [0.1, 0.15) is 11.1 Å². The van der Waals surface area contributed by atoms with Gasteiger partial charge in [0.1, 0.15) is 5.15 Å². The van der Waals surface area contributed by atoms with E-state index in [2.05, 4.69) is 46.8 Å². The van der Waals surface area contributed by atoms with E-state index in [0.29, 0.717) is 5.15 Å². The van der Waals surface area contributed by atoms with Crippen molar-refractivity contribution in [1.29, 1.82) is 0 Å². The van der Waals surface area contributed by atoms with E-state index in [1.54, 1.807) is 0 Å². The molecule has 0 spiro atoms. The van der Waals surface area contributed by atoms with Gasteiger partial charge in [0.25, 0.3) is 0 Å². The summed E-state index contributed by atoms with van der Waals surface area (Å²) in [4.78, 5) is 9.01. The highest BCUT2D eigenvalue weighted by molar-refractivity contribution is 6.29. The van der Waals surface area contributed by atoms with Crippen LogP contribution in [0, 0.1) is 13.8 Å². The van der Waals surface area contributed by atoms with Gasteiger partial charge in [0.2, 0.25) is 0 Å². The number of aromatic nitrogens is 1. The lowest BCUT2D eigenvalue weighted by atomic mass is 10.1. The predicted octanol–water partition coefficient (Wildman–Crippen LogP) is 3.68. The Balaban J connectivity index is 1.70. The van der Waals surface area contributed by atoms with Gasteiger partial charge in [0, 0.05) is 31.9 Å². The van der Waals surface area contributed by atoms with Crippen LogP contribution < -0.4 is 9.80 Å². The van der Waals surface area contributed by atoms with Gasteiger partial charge < -0.3 is 9.80 Å². The lowest BCUT2D eigenvalue weighted by Crippen LogP contribution is -2.46. The molecule has 0 amide bonds. The number of halogens is 1. The molecule has 1 aromatic carbocycles. The molecule has 3 rings (SSSR count). The summed E-state index contributed by atoms with van der Waals surface area (Å²) in [5, 5.41) is 0.549. The highest BCUT2D eigenvalue weighted by atomic mass is 35.5. The monoisotopic (exact) mass is 301 g/mol. The fourth-order valence-corrected chi connectivity index (χ4v) is 2.95. The van der Waals surface area contributed by atoms with Gasteiger partial charge in [-0.25, -0.2) is 4.98 Å². The number of pyridine rings is 1. The van der Waals surface area contributed by atoms with Crippen molar-refractivity contribution in [3.8, 4) is 0 Å². The predicted molar refractivity (Wildman–Crippen MR) is 89.6 cm³/mol. The number of benzene rings is 1. The fraction of sp³-hybridized carbons (Fsp3) is 0.353. The van der Waals surface area contributed by atoms with Gasteiger partial charge in [0.05, 0.1) is 11.9 Å². The largest absolute Gasteiger partial charge is 0.368 e. The van der Waals surface area contributed by atoms with Crippen LogP contribution >= 0.6 is 11.6 Å². The molecule has 1 aromatic heterocycles. The summed E-state index contributed by atoms with van der Waals surface area (Å²) in [6.07, 6.45) is 1.86. The van der Waals surface area contributed by atoms with Crippen molar-refractivity contribution in [2.45, 2.75) is 13.8 Å². The molecule has 1 aliphatic heterocycles. The Labute approximate surface area is 131 Å². The van der Waals surface area contributed by atoms with Gasteiger partial charge in [-0.2, -0.15) is 0 Å². The van der Waals surface area contributed by atoms with Crippen LogP contribution in [-0.2, 0) is 0 Å². The number of rotatable bonds is 2. The van der Waals surface area contributed by atoms with E-state index in [1.165, 1.54) is 16.8 Å². The average molecular weight is 302 g/mol. The first kappa shape index (κ1) is 14.2. The number of hydrogen-bond donors (Lipinski definition) is 0. The Bertz CT molecular complexity index is 616. The molecule has 0 bridgehead atoms. The summed E-state index contributed by atoms with van der Waals surface area (Å²) in [6, 6.07) is 10.4. The second-order valence-electron chi connectivity index (χ2n) is 5.53. The summed E-state index contributed by atoms with van der Waals surface area (Å²) in [6.45, 7) is 8.47. The fourth-order valence-electron chi connectivity index (χ4n) is 2.84. The summed E-state index contributed by atoms with van der Waals surface area (Å²) in [5.74, 6) is 0. The van der Waals surface area contributed by atoms with Crippen LogP contribution in [0.5, 0.6) is 0 Å². The molecule has 1 aliphatic rings. The molecule has 1 saturated heterocycles. The number of piperazine rings is 1. The van der Waals surface area contributed by atoms with E-state index >= 15 is 0 Å². The van der Waals surface area contributed by atoms with Crippen molar-refractivity contribution in [2.24, 2.45) is 0 Å². The van der Waals surface area contributed by atoms with Gasteiger partial charge in [0.15, 0.2) is 0 Å². The van der Waals surface area contributed by atoms with E-state index in [4.69, 9.17) is 11.6 Å². The molecule has 3 nitrogen and oxygen atoms in total. The third kappa shape index (κ3) is 2.98. The SMILES string of the molecule is Cc1cccc(N2CCN(c3ccc(Cl)nc3)CC2)c1C. The zero-order chi connectivity index (χ0) is 14.8. The normalized spacial score (nSPS) is 15.4. The van der Waals surface area contributed by atoms with Crippen molar-refractivity contribution in [3.05, 3.63) is 52.8 Å². The summed E-state index contributed by atoms with van der Waals surface area (Å²) in [7, 11) is 0. The maximum absolute atomic E-state index is 5.85. The molecule has 0 unspecified atom stereocenters. The smallest absolute Gasteiger partial charge is 0.129 e. The standard InChI is InChI=1S/C17H20ClN3/c1-13-4-3-5-16(14(13)2)21-10-8-20(9-11-21)15-6-7-17(18)19-12-15/h3-7,12H,8-11H2,1-2H3. The van der Waals surface area contributed by atoms with Crippen molar-refractivity contribution < 1.29 is 0 Å². The van der Waals surface area contributed by atoms with E-state index < -0.39 is 0 Å². The van der Waals surface area contributed by atoms with Crippen LogP contribution in [0.2, 0.25) is 5.15 Å². The third-order valence-electron chi connectivity index (χ3n) is 4.27. The number of hydrogen-bond acceptors (Lipinski definition) is 3. The average Bonchev–Trinajstić information content (AvgIpc) is 2.51. The van der Waals surface area contributed by atoms with Crippen LogP contribution in [0.4, 0.5) is 11.4 Å². The highest BCUT2D eigenvalue weighted by Crippen LogP contribution is 2.25. The van der Waals surface area contributed by atoms with Crippen LogP contribution in [0.25, 0.3) is 0 Å². The minimum atomic E-state index is 0.549. The molecule has 1 fully saturated rings. The summed E-state index contributed by atoms with van der Waals surface area (Å²) < 4.78 is 0. The Kier molecular flexibility index (Phi) is 4.02. The van der Waals surface area contributed by atoms with E-state index in [0.717, 1.165) is 31.9 Å². The van der Waals surface area contributed by atoms with Crippen LogP contribution in [0.3, 0.4) is 0 Å². The van der Waals surface area contributed by atoms with Gasteiger partial charge in [-0.15, -0.1) is 0 Å². The summed E-state index contributed by atoms with van der Waals surface area (Å²) >= 11 is 5.85. The first-order valence-corrected chi connectivity index (χ1v) is 7.70. The molecule has 0 atom stereocenters. The zero-order valence-electron chi connectivity index (χ0n) is 12.5. The van der Waals surface area contributed by atoms with Crippen LogP contribution in [-0.4, -0.2) is 31.2 Å². The van der Waals surface area contributed by atoms with Crippen molar-refractivity contribution >= 4 is 23.0 Å². The molecule has 110 valence electrons. The molecular weight excluding hydrogens is 282 g/mol. The van der Waals surface area contributed by atoms with Crippen molar-refractivity contribution in [1.82, 2.24) is 4.98 Å². The third-order valence-corrected chi connectivity index (χ3v) is 4.50. The molecule has 0 N–H and O–H groups in total. The quantitative estimate of drug-likeness (QED) is 0.789. The molecule has 21 heavy (non-hydrogen) atoms. The molecular formula is C17H20ClN3. The number of aryl methyl sites for hydroxylation is 1. The lowest BCUT2D eigenvalue weighted by Gasteiger charge is -2.38. The topological polar surface area (TPSA) is 19.4 Å². The Morgan fingerprint density at radius 2 is 1.67 bits per heavy atom. The Hall–Kier alpha value is -1.74. The molecule has 2 heterocycles. The molecule has 0 aliphatic carbocycles. The van der Waals surface area contributed by atoms with E-state index in [-0.39, 0.29) is 0 Å². The molecule has 2 aromatic rings. The van der Waals surface area contributed by atoms with Gasteiger partial charge in [-0.1, -0.05) is 23.7 Å². The molecule has 0 radical (unpaired) electrons. The van der Waals surface area contributed by atoms with Gasteiger partial charge in [-0.3, -0.25) is 0 Å². The van der Waals surface area contributed by atoms with Crippen LogP contribution in [0.15, 0.2) is 36.5 Å².